The van der Waals surface area contributed by atoms with Crippen LogP contribution in [0.4, 0.5) is 0 Å². The normalized spacial score (nSPS) is 14.0. The first kappa shape index (κ1) is 16.7. The molecule has 22 heavy (non-hydrogen) atoms. The van der Waals surface area contributed by atoms with Crippen molar-refractivity contribution in [3.63, 3.8) is 0 Å². The quantitative estimate of drug-likeness (QED) is 0.788. The van der Waals surface area contributed by atoms with Gasteiger partial charge in [-0.1, -0.05) is 13.8 Å². The van der Waals surface area contributed by atoms with Crippen molar-refractivity contribution in [2.75, 3.05) is 32.4 Å². The van der Waals surface area contributed by atoms with Crippen molar-refractivity contribution in [3.8, 4) is 5.69 Å². The Balaban J connectivity index is 2.10. The van der Waals surface area contributed by atoms with Gasteiger partial charge in [0.25, 0.3) is 0 Å². The summed E-state index contributed by atoms with van der Waals surface area (Å²) >= 11 is 0. The van der Waals surface area contributed by atoms with Crippen molar-refractivity contribution in [2.45, 2.75) is 18.7 Å². The summed E-state index contributed by atoms with van der Waals surface area (Å²) in [7, 11) is -2.33. The maximum Gasteiger partial charge on any atom is 0.0991 e. The van der Waals surface area contributed by atoms with E-state index in [2.05, 4.69) is 28.1 Å². The largest absolute Gasteiger partial charge is 0.306 e. The smallest absolute Gasteiger partial charge is 0.0991 e. The molecule has 1 aromatic carbocycles. The Kier molecular flexibility index (Phi) is 5.74. The Morgan fingerprint density at radius 3 is 2.45 bits per heavy atom. The summed E-state index contributed by atoms with van der Waals surface area (Å²) in [5.74, 6) is 0. The minimum absolute atomic E-state index is 0.598. The standard InChI is InChI=1S/C16H24N4OS/c1-4-19(5-2)12-11-18-22(3,21)16-8-6-15(7-9-16)20-13-10-17-14-20/h6-10,13-14H,4-5,11-12H2,1-3H3. The second-order valence-corrected chi connectivity index (χ2v) is 7.48. The van der Waals surface area contributed by atoms with Crippen LogP contribution in [0.2, 0.25) is 0 Å². The van der Waals surface area contributed by atoms with Gasteiger partial charge < -0.3 is 9.47 Å². The molecule has 0 aliphatic carbocycles. The lowest BCUT2D eigenvalue weighted by atomic mass is 10.3. The van der Waals surface area contributed by atoms with Crippen LogP contribution in [0.15, 0.2) is 52.2 Å². The zero-order valence-corrected chi connectivity index (χ0v) is 14.3. The summed E-state index contributed by atoms with van der Waals surface area (Å²) in [4.78, 5) is 7.08. The summed E-state index contributed by atoms with van der Waals surface area (Å²) in [6, 6.07) is 7.66. The summed E-state index contributed by atoms with van der Waals surface area (Å²) in [6.45, 7) is 7.70. The van der Waals surface area contributed by atoms with Gasteiger partial charge in [-0.05, 0) is 37.4 Å². The Labute approximate surface area is 133 Å². The van der Waals surface area contributed by atoms with E-state index in [1.807, 2.05) is 35.0 Å². The fraction of sp³-hybridized carbons (Fsp3) is 0.438. The molecule has 0 N–H and O–H groups in total. The van der Waals surface area contributed by atoms with Crippen molar-refractivity contribution in [1.82, 2.24) is 14.5 Å². The van der Waals surface area contributed by atoms with E-state index in [0.717, 1.165) is 30.2 Å². The third-order valence-electron chi connectivity index (χ3n) is 3.72. The van der Waals surface area contributed by atoms with Gasteiger partial charge >= 0.3 is 0 Å². The minimum atomic E-state index is -2.33. The first-order valence-corrected chi connectivity index (χ1v) is 9.48. The first-order chi connectivity index (χ1) is 10.6. The fourth-order valence-electron chi connectivity index (χ4n) is 2.25. The molecule has 1 atom stereocenters. The molecule has 0 fully saturated rings. The van der Waals surface area contributed by atoms with Crippen molar-refractivity contribution < 1.29 is 4.21 Å². The molecule has 0 spiro atoms. The average Bonchev–Trinajstić information content (AvgIpc) is 3.06. The van der Waals surface area contributed by atoms with Crippen LogP contribution in [0.3, 0.4) is 0 Å². The zero-order valence-electron chi connectivity index (χ0n) is 13.5. The number of hydrogen-bond donors (Lipinski definition) is 0. The number of likely N-dealkylation sites (N-methyl/N-ethyl adjacent to an activating group) is 1. The van der Waals surface area contributed by atoms with Gasteiger partial charge in [-0.15, -0.1) is 0 Å². The average molecular weight is 320 g/mol. The third kappa shape index (κ3) is 4.18. The second-order valence-electron chi connectivity index (χ2n) is 5.15. The third-order valence-corrected chi connectivity index (χ3v) is 5.55. The predicted molar refractivity (Wildman–Crippen MR) is 91.0 cm³/mol. The van der Waals surface area contributed by atoms with Crippen LogP contribution in [0.25, 0.3) is 5.69 Å². The summed E-state index contributed by atoms with van der Waals surface area (Å²) in [5.41, 5.74) is 1.000. The van der Waals surface area contributed by atoms with Crippen LogP contribution in [0.5, 0.6) is 0 Å². The molecule has 0 radical (unpaired) electrons. The molecule has 120 valence electrons. The number of hydrogen-bond acceptors (Lipinski definition) is 4. The number of imidazole rings is 1. The molecule has 0 saturated carbocycles. The van der Waals surface area contributed by atoms with Gasteiger partial charge in [0.05, 0.1) is 22.6 Å². The van der Waals surface area contributed by atoms with Crippen LogP contribution in [-0.4, -0.2) is 51.1 Å². The van der Waals surface area contributed by atoms with Crippen LogP contribution in [0, 0.1) is 0 Å². The molecule has 1 aromatic heterocycles. The molecule has 5 nitrogen and oxygen atoms in total. The van der Waals surface area contributed by atoms with Crippen molar-refractivity contribution in [1.29, 1.82) is 0 Å². The summed E-state index contributed by atoms with van der Waals surface area (Å²) in [6.07, 6.45) is 7.07. The van der Waals surface area contributed by atoms with Crippen LogP contribution in [0.1, 0.15) is 13.8 Å². The monoisotopic (exact) mass is 320 g/mol. The second kappa shape index (κ2) is 7.56. The predicted octanol–water partition coefficient (Wildman–Crippen LogP) is 2.67. The lowest BCUT2D eigenvalue weighted by Crippen LogP contribution is -2.26. The number of benzene rings is 1. The molecular formula is C16H24N4OS. The van der Waals surface area contributed by atoms with E-state index in [1.54, 1.807) is 18.8 Å². The van der Waals surface area contributed by atoms with Gasteiger partial charge in [0, 0.05) is 35.8 Å². The van der Waals surface area contributed by atoms with Gasteiger partial charge in [0.1, 0.15) is 0 Å². The SMILES string of the molecule is CCN(CC)CCN=S(C)(=O)c1ccc(-n2ccnc2)cc1. The van der Waals surface area contributed by atoms with Gasteiger partial charge in [-0.25, -0.2) is 13.6 Å². The molecule has 0 aliphatic heterocycles. The molecule has 1 unspecified atom stereocenters. The van der Waals surface area contributed by atoms with Crippen LogP contribution >= 0.6 is 0 Å². The lowest BCUT2D eigenvalue weighted by Gasteiger charge is -2.16. The highest BCUT2D eigenvalue weighted by Crippen LogP contribution is 2.15. The van der Waals surface area contributed by atoms with Gasteiger partial charge in [-0.3, -0.25) is 0 Å². The van der Waals surface area contributed by atoms with E-state index in [1.165, 1.54) is 0 Å². The van der Waals surface area contributed by atoms with Gasteiger partial charge in [0.15, 0.2) is 0 Å². The number of nitrogens with zero attached hydrogens (tertiary/aromatic N) is 4. The molecule has 2 aromatic rings. The van der Waals surface area contributed by atoms with Gasteiger partial charge in [-0.2, -0.15) is 0 Å². The minimum Gasteiger partial charge on any atom is -0.306 e. The molecule has 0 bridgehead atoms. The van der Waals surface area contributed by atoms with E-state index < -0.39 is 9.73 Å². The van der Waals surface area contributed by atoms with E-state index in [0.29, 0.717) is 6.54 Å². The molecule has 2 rings (SSSR count). The topological polar surface area (TPSA) is 50.5 Å². The summed E-state index contributed by atoms with van der Waals surface area (Å²) in [5, 5.41) is 0. The molecule has 0 amide bonds. The molecule has 0 saturated heterocycles. The Bertz CT molecular complexity index is 681. The maximum atomic E-state index is 12.7. The van der Waals surface area contributed by atoms with Crippen molar-refractivity contribution >= 4 is 9.73 Å². The fourth-order valence-corrected chi connectivity index (χ4v) is 3.47. The van der Waals surface area contributed by atoms with Crippen molar-refractivity contribution in [2.24, 2.45) is 4.36 Å². The van der Waals surface area contributed by atoms with Gasteiger partial charge in [0.2, 0.25) is 0 Å². The highest BCUT2D eigenvalue weighted by molar-refractivity contribution is 7.93. The molecule has 0 aliphatic rings. The highest BCUT2D eigenvalue weighted by atomic mass is 32.2. The number of aromatic nitrogens is 2. The lowest BCUT2D eigenvalue weighted by molar-refractivity contribution is 0.313. The Morgan fingerprint density at radius 2 is 1.91 bits per heavy atom. The Hall–Kier alpha value is -1.66. The first-order valence-electron chi connectivity index (χ1n) is 7.55. The van der Waals surface area contributed by atoms with E-state index in [4.69, 9.17) is 0 Å². The van der Waals surface area contributed by atoms with Crippen LogP contribution < -0.4 is 0 Å². The van der Waals surface area contributed by atoms with E-state index >= 15 is 0 Å². The van der Waals surface area contributed by atoms with Crippen LogP contribution in [-0.2, 0) is 9.73 Å². The van der Waals surface area contributed by atoms with Crippen molar-refractivity contribution in [3.05, 3.63) is 43.0 Å². The zero-order chi connectivity index (χ0) is 16.0. The highest BCUT2D eigenvalue weighted by Gasteiger charge is 2.07. The van der Waals surface area contributed by atoms with E-state index in [-0.39, 0.29) is 0 Å². The maximum absolute atomic E-state index is 12.7. The van der Waals surface area contributed by atoms with E-state index in [9.17, 15) is 4.21 Å². The molecule has 6 heteroatoms. The molecular weight excluding hydrogens is 296 g/mol. The number of rotatable bonds is 7. The molecule has 1 heterocycles. The Morgan fingerprint density at radius 1 is 1.23 bits per heavy atom. The summed E-state index contributed by atoms with van der Waals surface area (Å²) < 4.78 is 19.1.